The Balaban J connectivity index is 2.17. The normalized spacial score (nSPS) is 12.7. The molecule has 0 N–H and O–H groups in total. The molecule has 116 valence electrons. The van der Waals surface area contributed by atoms with Crippen LogP contribution in [-0.2, 0) is 0 Å². The molecule has 22 heavy (non-hydrogen) atoms. The Morgan fingerprint density at radius 3 is 1.50 bits per heavy atom. The summed E-state index contributed by atoms with van der Waals surface area (Å²) in [6.45, 7) is 8.57. The molecule has 0 saturated heterocycles. The second-order valence-corrected chi connectivity index (χ2v) is 6.76. The number of ketones is 1. The summed E-state index contributed by atoms with van der Waals surface area (Å²) in [6, 6.07) is 15.7. The summed E-state index contributed by atoms with van der Waals surface area (Å²) in [5.41, 5.74) is 3.99. The molecular weight excluding hydrogens is 292 g/mol. The first-order valence-corrected chi connectivity index (χ1v) is 8.22. The highest BCUT2D eigenvalue weighted by Gasteiger charge is 2.19. The fourth-order valence-corrected chi connectivity index (χ4v) is 2.65. The zero-order valence-electron chi connectivity index (χ0n) is 13.6. The van der Waals surface area contributed by atoms with E-state index in [1.807, 2.05) is 48.5 Å². The van der Waals surface area contributed by atoms with Crippen LogP contribution in [0.4, 0.5) is 0 Å². The van der Waals surface area contributed by atoms with Crippen LogP contribution in [0.25, 0.3) is 0 Å². The lowest BCUT2D eigenvalue weighted by Gasteiger charge is -2.12. The molecule has 2 heteroatoms. The van der Waals surface area contributed by atoms with Crippen LogP contribution in [0, 0.1) is 0 Å². The predicted octanol–water partition coefficient (Wildman–Crippen LogP) is 6.10. The molecule has 0 bridgehead atoms. The summed E-state index contributed by atoms with van der Waals surface area (Å²) in [6.07, 6.45) is 0. The topological polar surface area (TPSA) is 17.1 Å². The van der Waals surface area contributed by atoms with Gasteiger partial charge in [-0.3, -0.25) is 4.79 Å². The lowest BCUT2D eigenvalue weighted by molar-refractivity contribution is 0.0987. The number of halogens is 1. The van der Waals surface area contributed by atoms with Crippen LogP contribution in [0.2, 0.25) is 0 Å². The maximum absolute atomic E-state index is 12.5. The smallest absolute Gasteiger partial charge is 0.185 e. The fourth-order valence-electron chi connectivity index (χ4n) is 2.38. The van der Waals surface area contributed by atoms with Crippen LogP contribution in [0.5, 0.6) is 0 Å². The number of carbonyl (C=O) groups is 1. The fraction of sp³-hybridized carbons (Fsp3) is 0.350. The summed E-state index contributed by atoms with van der Waals surface area (Å²) in [7, 11) is 0. The highest BCUT2D eigenvalue weighted by Crippen LogP contribution is 2.27. The minimum Gasteiger partial charge on any atom is -0.292 e. The van der Waals surface area contributed by atoms with Crippen molar-refractivity contribution < 1.29 is 4.79 Å². The van der Waals surface area contributed by atoms with E-state index in [0.717, 1.165) is 5.56 Å². The SMILES string of the molecule is CC(C)c1ccc(C(=O)C(Cl)c2ccc(C(C)C)cc2)cc1. The van der Waals surface area contributed by atoms with Gasteiger partial charge in [-0.15, -0.1) is 11.6 Å². The average Bonchev–Trinajstić information content (AvgIpc) is 2.53. The summed E-state index contributed by atoms with van der Waals surface area (Å²) in [5, 5.41) is -0.633. The molecule has 0 heterocycles. The van der Waals surface area contributed by atoms with Crippen molar-refractivity contribution in [3.63, 3.8) is 0 Å². The zero-order valence-corrected chi connectivity index (χ0v) is 14.4. The van der Waals surface area contributed by atoms with E-state index in [-0.39, 0.29) is 5.78 Å². The van der Waals surface area contributed by atoms with Crippen LogP contribution in [0.3, 0.4) is 0 Å². The first-order valence-electron chi connectivity index (χ1n) is 7.78. The molecule has 0 aliphatic rings. The van der Waals surface area contributed by atoms with Gasteiger partial charge in [-0.05, 0) is 28.5 Å². The molecule has 0 spiro atoms. The monoisotopic (exact) mass is 314 g/mol. The van der Waals surface area contributed by atoms with Gasteiger partial charge in [-0.2, -0.15) is 0 Å². The van der Waals surface area contributed by atoms with Crippen molar-refractivity contribution in [3.05, 3.63) is 70.8 Å². The van der Waals surface area contributed by atoms with Crippen LogP contribution < -0.4 is 0 Å². The van der Waals surface area contributed by atoms with Gasteiger partial charge in [0.1, 0.15) is 5.38 Å². The van der Waals surface area contributed by atoms with E-state index in [1.54, 1.807) is 0 Å². The molecule has 2 aromatic carbocycles. The number of alkyl halides is 1. The van der Waals surface area contributed by atoms with Gasteiger partial charge < -0.3 is 0 Å². The summed E-state index contributed by atoms with van der Waals surface area (Å²) < 4.78 is 0. The van der Waals surface area contributed by atoms with Gasteiger partial charge in [0.15, 0.2) is 5.78 Å². The van der Waals surface area contributed by atoms with E-state index < -0.39 is 5.38 Å². The van der Waals surface area contributed by atoms with Crippen molar-refractivity contribution >= 4 is 17.4 Å². The lowest BCUT2D eigenvalue weighted by atomic mass is 9.96. The van der Waals surface area contributed by atoms with E-state index >= 15 is 0 Å². The summed E-state index contributed by atoms with van der Waals surface area (Å²) in [5.74, 6) is 0.885. The van der Waals surface area contributed by atoms with Gasteiger partial charge in [-0.25, -0.2) is 0 Å². The van der Waals surface area contributed by atoms with Crippen LogP contribution in [-0.4, -0.2) is 5.78 Å². The molecule has 2 aromatic rings. The number of carbonyl (C=O) groups excluding carboxylic acids is 1. The van der Waals surface area contributed by atoms with Crippen molar-refractivity contribution in [3.8, 4) is 0 Å². The molecule has 0 aliphatic carbocycles. The van der Waals surface area contributed by atoms with Crippen LogP contribution in [0.15, 0.2) is 48.5 Å². The van der Waals surface area contributed by atoms with Gasteiger partial charge in [0, 0.05) is 5.56 Å². The number of Topliss-reactive ketones (excluding diaryl/α,β-unsaturated/α-hetero) is 1. The molecule has 0 radical (unpaired) electrons. The Bertz CT molecular complexity index is 624. The minimum absolute atomic E-state index is 0.0470. The largest absolute Gasteiger partial charge is 0.292 e. The molecular formula is C20H23ClO. The molecule has 1 unspecified atom stereocenters. The van der Waals surface area contributed by atoms with Gasteiger partial charge in [0.05, 0.1) is 0 Å². The van der Waals surface area contributed by atoms with Gasteiger partial charge >= 0.3 is 0 Å². The molecule has 0 fully saturated rings. The maximum atomic E-state index is 12.5. The van der Waals surface area contributed by atoms with Crippen molar-refractivity contribution in [1.29, 1.82) is 0 Å². The number of benzene rings is 2. The molecule has 0 aliphatic heterocycles. The van der Waals surface area contributed by atoms with Crippen molar-refractivity contribution in [2.45, 2.75) is 44.9 Å². The highest BCUT2D eigenvalue weighted by molar-refractivity contribution is 6.33. The first-order chi connectivity index (χ1) is 10.4. The van der Waals surface area contributed by atoms with Crippen molar-refractivity contribution in [2.75, 3.05) is 0 Å². The molecule has 0 aromatic heterocycles. The average molecular weight is 315 g/mol. The molecule has 2 rings (SSSR count). The predicted molar refractivity (Wildman–Crippen MR) is 94.0 cm³/mol. The number of hydrogen-bond donors (Lipinski definition) is 0. The second-order valence-electron chi connectivity index (χ2n) is 6.32. The third-order valence-corrected chi connectivity index (χ3v) is 4.44. The third-order valence-electron chi connectivity index (χ3n) is 3.99. The van der Waals surface area contributed by atoms with Crippen LogP contribution >= 0.6 is 11.6 Å². The van der Waals surface area contributed by atoms with E-state index in [2.05, 4.69) is 27.7 Å². The van der Waals surface area contributed by atoms with Gasteiger partial charge in [0.25, 0.3) is 0 Å². The molecule has 1 atom stereocenters. The van der Waals surface area contributed by atoms with E-state index in [1.165, 1.54) is 11.1 Å². The third kappa shape index (κ3) is 3.78. The van der Waals surface area contributed by atoms with Crippen molar-refractivity contribution in [1.82, 2.24) is 0 Å². The summed E-state index contributed by atoms with van der Waals surface area (Å²) >= 11 is 6.38. The Labute approximate surface area is 138 Å². The standard InChI is InChI=1S/C20H23ClO/c1-13(2)15-5-9-17(10-6-15)19(21)20(22)18-11-7-16(8-12-18)14(3)4/h5-14,19H,1-4H3. The number of rotatable bonds is 5. The Morgan fingerprint density at radius 1 is 0.727 bits per heavy atom. The van der Waals surface area contributed by atoms with Crippen LogP contribution in [0.1, 0.15) is 72.0 Å². The lowest BCUT2D eigenvalue weighted by Crippen LogP contribution is -2.08. The van der Waals surface area contributed by atoms with E-state index in [0.29, 0.717) is 17.4 Å². The van der Waals surface area contributed by atoms with Gasteiger partial charge in [-0.1, -0.05) is 76.2 Å². The van der Waals surface area contributed by atoms with Crippen molar-refractivity contribution in [2.24, 2.45) is 0 Å². The summed E-state index contributed by atoms with van der Waals surface area (Å²) in [4.78, 5) is 12.5. The highest BCUT2D eigenvalue weighted by atomic mass is 35.5. The number of hydrogen-bond acceptors (Lipinski definition) is 1. The van der Waals surface area contributed by atoms with Gasteiger partial charge in [0.2, 0.25) is 0 Å². The first kappa shape index (κ1) is 16.8. The zero-order chi connectivity index (χ0) is 16.3. The molecule has 0 amide bonds. The Morgan fingerprint density at radius 2 is 1.09 bits per heavy atom. The van der Waals surface area contributed by atoms with E-state index in [4.69, 9.17) is 11.6 Å². The molecule has 1 nitrogen and oxygen atoms in total. The minimum atomic E-state index is -0.633. The second kappa shape index (κ2) is 7.11. The molecule has 0 saturated carbocycles. The van der Waals surface area contributed by atoms with E-state index in [9.17, 15) is 4.79 Å². The maximum Gasteiger partial charge on any atom is 0.185 e. The quantitative estimate of drug-likeness (QED) is 0.481. The Kier molecular flexibility index (Phi) is 5.42. The Hall–Kier alpha value is -1.60.